The van der Waals surface area contributed by atoms with E-state index >= 15 is 0 Å². The number of nitro groups is 1. The fourth-order valence-electron chi connectivity index (χ4n) is 1.69. The maximum Gasteiger partial charge on any atom is 0.273 e. The van der Waals surface area contributed by atoms with Gasteiger partial charge in [-0.25, -0.2) is 0 Å². The molecule has 1 aromatic rings. The van der Waals surface area contributed by atoms with E-state index in [0.717, 1.165) is 6.42 Å². The SMILES string of the molecule is C[Si](C)OC(CC(C)(C)C)Oc1cccc([N+](=O)[O-])c1. The molecule has 1 unspecified atom stereocenters. The molecule has 0 fully saturated rings. The highest BCUT2D eigenvalue weighted by atomic mass is 28.3. The monoisotopic (exact) mass is 296 g/mol. The summed E-state index contributed by atoms with van der Waals surface area (Å²) in [6.07, 6.45) is 0.354. The summed E-state index contributed by atoms with van der Waals surface area (Å²) in [4.78, 5) is 10.3. The van der Waals surface area contributed by atoms with E-state index in [1.807, 2.05) is 13.1 Å². The summed E-state index contributed by atoms with van der Waals surface area (Å²) in [6.45, 7) is 10.4. The largest absolute Gasteiger partial charge is 0.466 e. The summed E-state index contributed by atoms with van der Waals surface area (Å²) >= 11 is 0. The number of ether oxygens (including phenoxy) is 1. The minimum atomic E-state index is -0.909. The third-order valence-electron chi connectivity index (χ3n) is 2.44. The second-order valence-electron chi connectivity index (χ2n) is 6.09. The van der Waals surface area contributed by atoms with Crippen LogP contribution in [0.15, 0.2) is 24.3 Å². The van der Waals surface area contributed by atoms with Crippen molar-refractivity contribution in [2.75, 3.05) is 0 Å². The Kier molecular flexibility index (Phi) is 5.70. The molecule has 5 nitrogen and oxygen atoms in total. The number of hydrogen-bond acceptors (Lipinski definition) is 4. The van der Waals surface area contributed by atoms with Crippen LogP contribution in [0.2, 0.25) is 13.1 Å². The van der Waals surface area contributed by atoms with Gasteiger partial charge in [-0.05, 0) is 24.6 Å². The van der Waals surface area contributed by atoms with Gasteiger partial charge in [-0.15, -0.1) is 0 Å². The number of non-ortho nitro benzene ring substituents is 1. The molecule has 6 heteroatoms. The molecule has 0 aromatic heterocycles. The summed E-state index contributed by atoms with van der Waals surface area (Å²) in [5.41, 5.74) is 0.0819. The number of rotatable bonds is 6. The predicted molar refractivity (Wildman–Crippen MR) is 80.2 cm³/mol. The second kappa shape index (κ2) is 6.85. The van der Waals surface area contributed by atoms with Crippen molar-refractivity contribution in [3.63, 3.8) is 0 Å². The Morgan fingerprint density at radius 1 is 1.35 bits per heavy atom. The number of hydrogen-bond donors (Lipinski definition) is 0. The zero-order chi connectivity index (χ0) is 15.3. The first-order valence-corrected chi connectivity index (χ1v) is 8.96. The molecule has 1 rings (SSSR count). The molecule has 1 aromatic carbocycles. The van der Waals surface area contributed by atoms with Crippen LogP contribution in [0.5, 0.6) is 5.75 Å². The molecule has 0 bridgehead atoms. The van der Waals surface area contributed by atoms with Crippen molar-refractivity contribution >= 4 is 14.7 Å². The van der Waals surface area contributed by atoms with Crippen LogP contribution in [-0.2, 0) is 4.43 Å². The third-order valence-corrected chi connectivity index (χ3v) is 3.18. The second-order valence-corrected chi connectivity index (χ2v) is 8.14. The lowest BCUT2D eigenvalue weighted by atomic mass is 9.92. The molecule has 0 aliphatic rings. The molecule has 1 radical (unpaired) electrons. The van der Waals surface area contributed by atoms with Gasteiger partial charge in [-0.1, -0.05) is 26.8 Å². The standard InChI is InChI=1S/C14H22NO4Si/c1-14(2,3)10-13(19-20(4)5)18-12-8-6-7-11(9-12)15(16)17/h6-9,13H,10H2,1-5H3. The molecule has 0 saturated carbocycles. The predicted octanol–water partition coefficient (Wildman–Crippen LogP) is 4.00. The highest BCUT2D eigenvalue weighted by Gasteiger charge is 2.22. The molecule has 20 heavy (non-hydrogen) atoms. The van der Waals surface area contributed by atoms with E-state index < -0.39 is 14.0 Å². The third kappa shape index (κ3) is 6.16. The lowest BCUT2D eigenvalue weighted by molar-refractivity contribution is -0.385. The molecular formula is C14H22NO4Si. The van der Waals surface area contributed by atoms with E-state index in [9.17, 15) is 10.1 Å². The average Bonchev–Trinajstić information content (AvgIpc) is 2.25. The Hall–Kier alpha value is -1.40. The van der Waals surface area contributed by atoms with Gasteiger partial charge in [-0.3, -0.25) is 10.1 Å². The van der Waals surface area contributed by atoms with Gasteiger partial charge in [0.25, 0.3) is 5.69 Å². The van der Waals surface area contributed by atoms with Gasteiger partial charge in [0.2, 0.25) is 9.04 Å². The van der Waals surface area contributed by atoms with E-state index in [0.29, 0.717) is 5.75 Å². The molecule has 0 amide bonds. The molecule has 0 saturated heterocycles. The van der Waals surface area contributed by atoms with Crippen LogP contribution in [0.1, 0.15) is 27.2 Å². The lowest BCUT2D eigenvalue weighted by Gasteiger charge is -2.28. The van der Waals surface area contributed by atoms with E-state index in [2.05, 4.69) is 20.8 Å². The fourth-order valence-corrected chi connectivity index (χ4v) is 2.35. The van der Waals surface area contributed by atoms with Crippen LogP contribution in [0.4, 0.5) is 5.69 Å². The van der Waals surface area contributed by atoms with Gasteiger partial charge in [0.05, 0.1) is 11.0 Å². The van der Waals surface area contributed by atoms with Crippen molar-refractivity contribution in [2.24, 2.45) is 5.41 Å². The van der Waals surface area contributed by atoms with Crippen molar-refractivity contribution in [1.82, 2.24) is 0 Å². The van der Waals surface area contributed by atoms with E-state index in [-0.39, 0.29) is 17.4 Å². The van der Waals surface area contributed by atoms with Crippen molar-refractivity contribution in [3.05, 3.63) is 34.4 Å². The molecular weight excluding hydrogens is 274 g/mol. The van der Waals surface area contributed by atoms with Crippen molar-refractivity contribution < 1.29 is 14.1 Å². The highest BCUT2D eigenvalue weighted by molar-refractivity contribution is 6.48. The minimum absolute atomic E-state index is 0.0236. The maximum absolute atomic E-state index is 10.8. The van der Waals surface area contributed by atoms with Crippen LogP contribution in [0.25, 0.3) is 0 Å². The van der Waals surface area contributed by atoms with Gasteiger partial charge in [0, 0.05) is 12.5 Å². The van der Waals surface area contributed by atoms with Crippen molar-refractivity contribution in [3.8, 4) is 5.75 Å². The molecule has 1 atom stereocenters. The Morgan fingerprint density at radius 2 is 2.00 bits per heavy atom. The van der Waals surface area contributed by atoms with Gasteiger partial charge in [-0.2, -0.15) is 0 Å². The normalized spacial score (nSPS) is 13.3. The van der Waals surface area contributed by atoms with E-state index in [1.54, 1.807) is 12.1 Å². The smallest absolute Gasteiger partial charge is 0.273 e. The number of nitro benzene ring substituents is 1. The van der Waals surface area contributed by atoms with Gasteiger partial charge < -0.3 is 9.16 Å². The average molecular weight is 296 g/mol. The van der Waals surface area contributed by atoms with Crippen LogP contribution in [-0.4, -0.2) is 20.3 Å². The number of nitrogens with zero attached hydrogens (tertiary/aromatic N) is 1. The Morgan fingerprint density at radius 3 is 2.50 bits per heavy atom. The van der Waals surface area contributed by atoms with Crippen molar-refractivity contribution in [2.45, 2.75) is 46.6 Å². The van der Waals surface area contributed by atoms with Crippen LogP contribution in [0, 0.1) is 15.5 Å². The van der Waals surface area contributed by atoms with Gasteiger partial charge in [0.15, 0.2) is 6.29 Å². The van der Waals surface area contributed by atoms with E-state index in [4.69, 9.17) is 9.16 Å². The summed E-state index contributed by atoms with van der Waals surface area (Å²) in [6, 6.07) is 6.20. The number of benzene rings is 1. The Balaban J connectivity index is 2.83. The summed E-state index contributed by atoms with van der Waals surface area (Å²) in [5.74, 6) is 0.469. The fraction of sp³-hybridized carbons (Fsp3) is 0.571. The quantitative estimate of drug-likeness (QED) is 0.344. The van der Waals surface area contributed by atoms with Gasteiger partial charge >= 0.3 is 0 Å². The lowest BCUT2D eigenvalue weighted by Crippen LogP contribution is -2.30. The molecule has 0 aliphatic carbocycles. The first-order valence-electron chi connectivity index (χ1n) is 6.55. The molecule has 0 spiro atoms. The summed E-state index contributed by atoms with van der Waals surface area (Å²) in [5, 5.41) is 10.8. The van der Waals surface area contributed by atoms with Crippen molar-refractivity contribution in [1.29, 1.82) is 0 Å². The Labute approximate surface area is 121 Å². The molecule has 0 N–H and O–H groups in total. The summed E-state index contributed by atoms with van der Waals surface area (Å²) in [7, 11) is -0.909. The maximum atomic E-state index is 10.8. The zero-order valence-corrected chi connectivity index (χ0v) is 13.7. The van der Waals surface area contributed by atoms with E-state index in [1.165, 1.54) is 12.1 Å². The van der Waals surface area contributed by atoms with Gasteiger partial charge in [0.1, 0.15) is 5.75 Å². The highest BCUT2D eigenvalue weighted by Crippen LogP contribution is 2.26. The van der Waals surface area contributed by atoms with Crippen LogP contribution in [0.3, 0.4) is 0 Å². The molecule has 0 heterocycles. The molecule has 111 valence electrons. The van der Waals surface area contributed by atoms with Crippen LogP contribution < -0.4 is 4.74 Å². The van der Waals surface area contributed by atoms with Crippen LogP contribution >= 0.6 is 0 Å². The minimum Gasteiger partial charge on any atom is -0.466 e. The zero-order valence-electron chi connectivity index (χ0n) is 12.7. The molecule has 0 aliphatic heterocycles. The first-order chi connectivity index (χ1) is 9.17. The first kappa shape index (κ1) is 16.7. The topological polar surface area (TPSA) is 61.6 Å². The Bertz CT molecular complexity index is 457. The summed E-state index contributed by atoms with van der Waals surface area (Å²) < 4.78 is 11.6.